The summed E-state index contributed by atoms with van der Waals surface area (Å²) in [7, 11) is 0. The lowest BCUT2D eigenvalue weighted by molar-refractivity contribution is -0.127. The number of aromatic amines is 2. The summed E-state index contributed by atoms with van der Waals surface area (Å²) < 4.78 is 0. The molecule has 0 radical (unpaired) electrons. The highest BCUT2D eigenvalue weighted by Gasteiger charge is 2.48. The van der Waals surface area contributed by atoms with Gasteiger partial charge >= 0.3 is 0 Å². The Morgan fingerprint density at radius 2 is 2.22 bits per heavy atom. The molecule has 3 N–H and O–H groups in total. The first-order valence-electron chi connectivity index (χ1n) is 10.8. The van der Waals surface area contributed by atoms with Gasteiger partial charge in [0.15, 0.2) is 0 Å². The van der Waals surface area contributed by atoms with E-state index in [1.165, 1.54) is 31.1 Å². The third-order valence-electron chi connectivity index (χ3n) is 6.60. The highest BCUT2D eigenvalue weighted by molar-refractivity contribution is 5.97. The van der Waals surface area contributed by atoms with Gasteiger partial charge in [-0.15, -0.1) is 0 Å². The number of likely N-dealkylation sites (tertiary alicyclic amines) is 1. The molecular formula is C23H24N6O3. The number of carbonyl (C=O) groups excluding carboxylic acids is 2. The van der Waals surface area contributed by atoms with Gasteiger partial charge in [-0.25, -0.2) is 9.97 Å². The van der Waals surface area contributed by atoms with E-state index in [1.807, 2.05) is 17.0 Å². The molecule has 2 amide bonds. The van der Waals surface area contributed by atoms with Crippen LogP contribution in [0.3, 0.4) is 0 Å². The number of carbonyl (C=O) groups is 2. The molecule has 2 fully saturated rings. The van der Waals surface area contributed by atoms with E-state index in [0.29, 0.717) is 30.0 Å². The topological polar surface area (TPSA) is 124 Å². The summed E-state index contributed by atoms with van der Waals surface area (Å²) in [5.74, 6) is -0.381. The van der Waals surface area contributed by atoms with Crippen molar-refractivity contribution < 1.29 is 9.59 Å². The minimum Gasteiger partial charge on any atom is -0.349 e. The smallest absolute Gasteiger partial charge is 0.267 e. The highest BCUT2D eigenvalue weighted by atomic mass is 16.2. The average molecular weight is 432 g/mol. The fourth-order valence-electron chi connectivity index (χ4n) is 4.76. The molecular weight excluding hydrogens is 408 g/mol. The van der Waals surface area contributed by atoms with Crippen molar-refractivity contribution in [3.63, 3.8) is 0 Å². The number of nitrogens with zero attached hydrogens (tertiary/aromatic N) is 3. The lowest BCUT2D eigenvalue weighted by Crippen LogP contribution is -2.42. The molecule has 0 bridgehead atoms. The van der Waals surface area contributed by atoms with E-state index in [9.17, 15) is 14.4 Å². The van der Waals surface area contributed by atoms with Crippen LogP contribution in [0.2, 0.25) is 0 Å². The quantitative estimate of drug-likeness (QED) is 0.531. The van der Waals surface area contributed by atoms with Crippen LogP contribution in [0.15, 0.2) is 47.8 Å². The van der Waals surface area contributed by atoms with Gasteiger partial charge in [0.05, 0.1) is 11.9 Å². The van der Waals surface area contributed by atoms with E-state index in [1.54, 1.807) is 12.3 Å². The Hall–Kier alpha value is -3.75. The van der Waals surface area contributed by atoms with Gasteiger partial charge < -0.3 is 20.2 Å². The Bertz CT molecular complexity index is 1220. The third kappa shape index (κ3) is 3.81. The van der Waals surface area contributed by atoms with Gasteiger partial charge in [0.2, 0.25) is 5.91 Å². The molecule has 2 aliphatic rings. The number of fused-ring (bicyclic) bond motifs is 1. The van der Waals surface area contributed by atoms with E-state index in [2.05, 4.69) is 25.3 Å². The monoisotopic (exact) mass is 432 g/mol. The molecule has 5 rings (SSSR count). The van der Waals surface area contributed by atoms with Gasteiger partial charge in [0.25, 0.3) is 11.5 Å². The van der Waals surface area contributed by atoms with Crippen LogP contribution in [-0.2, 0) is 4.79 Å². The highest BCUT2D eigenvalue weighted by Crippen LogP contribution is 2.50. The summed E-state index contributed by atoms with van der Waals surface area (Å²) in [6.45, 7) is 1.05. The second-order valence-electron chi connectivity index (χ2n) is 8.68. The summed E-state index contributed by atoms with van der Waals surface area (Å²) >= 11 is 0. The minimum absolute atomic E-state index is 0.0916. The van der Waals surface area contributed by atoms with Crippen LogP contribution >= 0.6 is 0 Å². The molecule has 3 aromatic rings. The number of hydrogen-bond acceptors (Lipinski definition) is 5. The zero-order valence-electron chi connectivity index (χ0n) is 17.5. The summed E-state index contributed by atoms with van der Waals surface area (Å²) in [5, 5.41) is 3.85. The molecule has 3 aromatic heterocycles. The summed E-state index contributed by atoms with van der Waals surface area (Å²) in [6.07, 6.45) is 11.6. The van der Waals surface area contributed by atoms with Crippen LogP contribution in [0, 0.1) is 5.41 Å². The number of pyridine rings is 1. The maximum absolute atomic E-state index is 13.0. The van der Waals surface area contributed by atoms with Crippen LogP contribution in [0.1, 0.15) is 41.7 Å². The van der Waals surface area contributed by atoms with Crippen LogP contribution in [-0.4, -0.2) is 55.8 Å². The molecule has 1 saturated heterocycles. The lowest BCUT2D eigenvalue weighted by atomic mass is 9.67. The normalized spacial score (nSPS) is 19.5. The van der Waals surface area contributed by atoms with E-state index in [0.717, 1.165) is 24.6 Å². The van der Waals surface area contributed by atoms with E-state index >= 15 is 0 Å². The second kappa shape index (κ2) is 8.07. The maximum Gasteiger partial charge on any atom is 0.267 e. The second-order valence-corrected chi connectivity index (χ2v) is 8.68. The van der Waals surface area contributed by atoms with Crippen molar-refractivity contribution >= 4 is 28.9 Å². The van der Waals surface area contributed by atoms with Crippen LogP contribution in [0.4, 0.5) is 0 Å². The third-order valence-corrected chi connectivity index (χ3v) is 6.60. The molecule has 1 unspecified atom stereocenters. The molecule has 1 aliphatic heterocycles. The molecule has 1 spiro atoms. The van der Waals surface area contributed by atoms with Gasteiger partial charge in [-0.2, -0.15) is 0 Å². The Balaban J connectivity index is 1.28. The molecule has 0 aromatic carbocycles. The van der Waals surface area contributed by atoms with Crippen LogP contribution < -0.4 is 10.9 Å². The number of H-pyrrole nitrogens is 2. The van der Waals surface area contributed by atoms with Crippen molar-refractivity contribution in [2.75, 3.05) is 13.1 Å². The van der Waals surface area contributed by atoms with Crippen LogP contribution in [0.5, 0.6) is 0 Å². The van der Waals surface area contributed by atoms with Gasteiger partial charge in [-0.05, 0) is 49.0 Å². The van der Waals surface area contributed by atoms with Crippen molar-refractivity contribution in [1.82, 2.24) is 30.2 Å². The van der Waals surface area contributed by atoms with Crippen molar-refractivity contribution in [2.24, 2.45) is 5.41 Å². The molecule has 4 heterocycles. The number of amides is 2. The molecule has 1 aliphatic carbocycles. The largest absolute Gasteiger partial charge is 0.349 e. The summed E-state index contributed by atoms with van der Waals surface area (Å²) in [4.78, 5) is 53.0. The Morgan fingerprint density at radius 3 is 2.97 bits per heavy atom. The first kappa shape index (κ1) is 20.2. The first-order valence-corrected chi connectivity index (χ1v) is 10.8. The summed E-state index contributed by atoms with van der Waals surface area (Å²) in [5.41, 5.74) is 1.30. The zero-order valence-corrected chi connectivity index (χ0v) is 17.5. The molecule has 1 saturated carbocycles. The molecule has 32 heavy (non-hydrogen) atoms. The maximum atomic E-state index is 13.0. The molecule has 164 valence electrons. The van der Waals surface area contributed by atoms with Crippen molar-refractivity contribution in [2.45, 2.75) is 31.7 Å². The van der Waals surface area contributed by atoms with Gasteiger partial charge in [-0.3, -0.25) is 14.4 Å². The fraction of sp³-hybridized carbons (Fsp3) is 0.348. The summed E-state index contributed by atoms with van der Waals surface area (Å²) in [6, 6.07) is 5.40. The zero-order chi connectivity index (χ0) is 22.1. The number of nitrogens with one attached hydrogen (secondary N) is 3. The molecule has 9 nitrogen and oxygen atoms in total. The lowest BCUT2D eigenvalue weighted by Gasteiger charge is -2.37. The van der Waals surface area contributed by atoms with Crippen molar-refractivity contribution in [3.8, 4) is 0 Å². The Kier molecular flexibility index (Phi) is 5.08. The van der Waals surface area contributed by atoms with Crippen LogP contribution in [0.25, 0.3) is 17.1 Å². The van der Waals surface area contributed by atoms with Gasteiger partial charge in [-0.1, -0.05) is 6.42 Å². The molecule has 1 atom stereocenters. The predicted molar refractivity (Wildman–Crippen MR) is 119 cm³/mol. The Labute approximate surface area is 184 Å². The van der Waals surface area contributed by atoms with E-state index < -0.39 is 0 Å². The van der Waals surface area contributed by atoms with E-state index in [-0.39, 0.29) is 28.8 Å². The Morgan fingerprint density at radius 1 is 1.34 bits per heavy atom. The van der Waals surface area contributed by atoms with E-state index in [4.69, 9.17) is 0 Å². The number of rotatable bonds is 5. The SMILES string of the molecule is O=C(NCC1CC2(CCC2)CN1C(=O)/C=C/c1cnc[nH]c1=O)c1cc2cccnc2[nH]1. The number of aromatic nitrogens is 4. The van der Waals surface area contributed by atoms with Gasteiger partial charge in [0.1, 0.15) is 11.3 Å². The predicted octanol–water partition coefficient (Wildman–Crippen LogP) is 1.86. The standard InChI is InChI=1S/C23H24N6O3/c30-19(5-4-16-11-24-14-27-21(16)31)29-13-23(6-2-7-23)10-17(29)12-26-22(32)18-9-15-3-1-8-25-20(15)28-18/h1,3-5,8-9,11,14,17H,2,6-7,10,12-13H2,(H,25,28)(H,26,32)(H,24,27,31)/b5-4+. The first-order chi connectivity index (χ1) is 15.5. The van der Waals surface area contributed by atoms with Gasteiger partial charge in [0, 0.05) is 43.0 Å². The van der Waals surface area contributed by atoms with Crippen molar-refractivity contribution in [1.29, 1.82) is 0 Å². The minimum atomic E-state index is -0.294. The average Bonchev–Trinajstić information content (AvgIpc) is 3.39. The molecule has 9 heteroatoms. The number of hydrogen-bond donors (Lipinski definition) is 3. The van der Waals surface area contributed by atoms with Crippen molar-refractivity contribution in [3.05, 3.63) is 64.6 Å². The fourth-order valence-corrected chi connectivity index (χ4v) is 4.76.